The van der Waals surface area contributed by atoms with E-state index < -0.39 is 0 Å². The van der Waals surface area contributed by atoms with E-state index in [0.717, 1.165) is 4.47 Å². The fourth-order valence-electron chi connectivity index (χ4n) is 1.55. The van der Waals surface area contributed by atoms with Gasteiger partial charge in [-0.25, -0.2) is 5.43 Å². The molecule has 0 unspecified atom stereocenters. The van der Waals surface area contributed by atoms with Crippen LogP contribution in [0.3, 0.4) is 0 Å². The Bertz CT molecular complexity index is 704. The van der Waals surface area contributed by atoms with Gasteiger partial charge in [0.25, 0.3) is 5.91 Å². The molecule has 1 aromatic carbocycles. The molecule has 0 bridgehead atoms. The van der Waals surface area contributed by atoms with Crippen molar-refractivity contribution in [3.05, 3.63) is 50.8 Å². The number of rotatable bonds is 4. The van der Waals surface area contributed by atoms with E-state index in [1.165, 1.54) is 13.1 Å². The van der Waals surface area contributed by atoms with Gasteiger partial charge in [0.15, 0.2) is 4.67 Å². The maximum absolute atomic E-state index is 11.9. The molecule has 0 aliphatic heterocycles. The van der Waals surface area contributed by atoms with Crippen LogP contribution in [0.5, 0.6) is 0 Å². The highest BCUT2D eigenvalue weighted by molar-refractivity contribution is 9.13. The topological polar surface area (TPSA) is 83.7 Å². The second-order valence-electron chi connectivity index (χ2n) is 4.23. The highest BCUT2D eigenvalue weighted by Gasteiger charge is 2.06. The Balaban J connectivity index is 1.95. The maximum Gasteiger partial charge on any atom is 0.271 e. The largest absolute Gasteiger partial charge is 0.447 e. The van der Waals surface area contributed by atoms with Crippen LogP contribution in [-0.4, -0.2) is 18.0 Å². The minimum absolute atomic E-state index is 0.169. The monoisotopic (exact) mass is 427 g/mol. The molecule has 2 amide bonds. The standard InChI is InChI=1S/C14H11Br2N3O3/c1-8(20)18-10-4-2-9(3-5-10)14(21)19-17-7-11-6-12(15)13(16)22-11/h2-7H,1H3,(H,18,20)(H,19,21)/b17-7-. The molecule has 1 heterocycles. The van der Waals surface area contributed by atoms with Crippen molar-refractivity contribution >= 4 is 55.6 Å². The van der Waals surface area contributed by atoms with Crippen molar-refractivity contribution in [3.8, 4) is 0 Å². The first kappa shape index (κ1) is 16.4. The molecule has 22 heavy (non-hydrogen) atoms. The summed E-state index contributed by atoms with van der Waals surface area (Å²) in [5.74, 6) is -0.0482. The molecule has 0 saturated heterocycles. The number of halogens is 2. The highest BCUT2D eigenvalue weighted by Crippen LogP contribution is 2.25. The molecule has 114 valence electrons. The van der Waals surface area contributed by atoms with Crippen molar-refractivity contribution in [2.75, 3.05) is 5.32 Å². The van der Waals surface area contributed by atoms with E-state index in [1.807, 2.05) is 0 Å². The molecular formula is C14H11Br2N3O3. The third kappa shape index (κ3) is 4.54. The molecule has 0 atom stereocenters. The van der Waals surface area contributed by atoms with Crippen LogP contribution in [0.2, 0.25) is 0 Å². The zero-order valence-electron chi connectivity index (χ0n) is 11.4. The van der Waals surface area contributed by atoms with E-state index in [1.54, 1.807) is 30.3 Å². The minimum atomic E-state index is -0.365. The number of benzene rings is 1. The van der Waals surface area contributed by atoms with Gasteiger partial charge in [-0.15, -0.1) is 0 Å². The second-order valence-corrected chi connectivity index (χ2v) is 5.80. The zero-order valence-corrected chi connectivity index (χ0v) is 14.6. The lowest BCUT2D eigenvalue weighted by Crippen LogP contribution is -2.17. The Labute approximate surface area is 143 Å². The summed E-state index contributed by atoms with van der Waals surface area (Å²) in [5, 5.41) is 6.44. The maximum atomic E-state index is 11.9. The molecule has 2 rings (SSSR count). The highest BCUT2D eigenvalue weighted by atomic mass is 79.9. The lowest BCUT2D eigenvalue weighted by atomic mass is 10.2. The van der Waals surface area contributed by atoms with E-state index in [9.17, 15) is 9.59 Å². The van der Waals surface area contributed by atoms with Crippen molar-refractivity contribution in [1.82, 2.24) is 5.43 Å². The zero-order chi connectivity index (χ0) is 16.1. The first-order valence-electron chi connectivity index (χ1n) is 6.11. The summed E-state index contributed by atoms with van der Waals surface area (Å²) < 4.78 is 6.59. The molecule has 6 nitrogen and oxygen atoms in total. The van der Waals surface area contributed by atoms with Gasteiger partial charge < -0.3 is 9.73 Å². The molecule has 1 aromatic heterocycles. The van der Waals surface area contributed by atoms with E-state index in [-0.39, 0.29) is 11.8 Å². The average Bonchev–Trinajstić information content (AvgIpc) is 2.77. The first-order chi connectivity index (χ1) is 10.5. The van der Waals surface area contributed by atoms with Gasteiger partial charge in [-0.2, -0.15) is 5.10 Å². The van der Waals surface area contributed by atoms with Crippen molar-refractivity contribution in [1.29, 1.82) is 0 Å². The smallest absolute Gasteiger partial charge is 0.271 e. The summed E-state index contributed by atoms with van der Waals surface area (Å²) in [6, 6.07) is 8.18. The van der Waals surface area contributed by atoms with Gasteiger partial charge in [0.2, 0.25) is 5.91 Å². The predicted octanol–water partition coefficient (Wildman–Crippen LogP) is 3.53. The average molecular weight is 429 g/mol. The second kappa shape index (κ2) is 7.37. The van der Waals surface area contributed by atoms with Gasteiger partial charge >= 0.3 is 0 Å². The molecule has 0 aliphatic rings. The van der Waals surface area contributed by atoms with Gasteiger partial charge in [0.05, 0.1) is 10.7 Å². The number of amides is 2. The lowest BCUT2D eigenvalue weighted by molar-refractivity contribution is -0.114. The number of anilines is 1. The number of carbonyl (C=O) groups excluding carboxylic acids is 2. The van der Waals surface area contributed by atoms with Gasteiger partial charge in [-0.1, -0.05) is 0 Å². The van der Waals surface area contributed by atoms with E-state index in [0.29, 0.717) is 21.7 Å². The van der Waals surface area contributed by atoms with E-state index >= 15 is 0 Å². The van der Waals surface area contributed by atoms with Crippen molar-refractivity contribution in [3.63, 3.8) is 0 Å². The number of nitrogens with zero attached hydrogens (tertiary/aromatic N) is 1. The summed E-state index contributed by atoms with van der Waals surface area (Å²) in [7, 11) is 0. The summed E-state index contributed by atoms with van der Waals surface area (Å²) in [6.45, 7) is 1.42. The summed E-state index contributed by atoms with van der Waals surface area (Å²) >= 11 is 6.48. The third-order valence-electron chi connectivity index (χ3n) is 2.49. The summed E-state index contributed by atoms with van der Waals surface area (Å²) in [4.78, 5) is 22.8. The molecule has 0 radical (unpaired) electrons. The van der Waals surface area contributed by atoms with Crippen molar-refractivity contribution in [2.45, 2.75) is 6.92 Å². The van der Waals surface area contributed by atoms with E-state index in [4.69, 9.17) is 4.42 Å². The number of hydrogen-bond donors (Lipinski definition) is 2. The van der Waals surface area contributed by atoms with Crippen LogP contribution >= 0.6 is 31.9 Å². The lowest BCUT2D eigenvalue weighted by Gasteiger charge is -2.03. The van der Waals surface area contributed by atoms with Crippen LogP contribution in [0, 0.1) is 0 Å². The first-order valence-corrected chi connectivity index (χ1v) is 7.70. The molecule has 0 aliphatic carbocycles. The van der Waals surface area contributed by atoms with E-state index in [2.05, 4.69) is 47.7 Å². The molecular weight excluding hydrogens is 418 g/mol. The number of nitrogens with one attached hydrogen (secondary N) is 2. The molecule has 2 N–H and O–H groups in total. The van der Waals surface area contributed by atoms with Crippen LogP contribution in [0.1, 0.15) is 23.0 Å². The Kier molecular flexibility index (Phi) is 5.51. The third-order valence-corrected chi connectivity index (χ3v) is 4.20. The molecule has 0 fully saturated rings. The van der Waals surface area contributed by atoms with Crippen LogP contribution in [-0.2, 0) is 4.79 Å². The van der Waals surface area contributed by atoms with Crippen LogP contribution < -0.4 is 10.7 Å². The van der Waals surface area contributed by atoms with Gasteiger partial charge in [-0.05, 0) is 56.1 Å². The Morgan fingerprint density at radius 3 is 2.45 bits per heavy atom. The summed E-state index contributed by atoms with van der Waals surface area (Å²) in [6.07, 6.45) is 1.39. The van der Waals surface area contributed by atoms with Crippen LogP contribution in [0.15, 0.2) is 49.0 Å². The Morgan fingerprint density at radius 1 is 1.23 bits per heavy atom. The van der Waals surface area contributed by atoms with Gasteiger partial charge in [0, 0.05) is 24.2 Å². The van der Waals surface area contributed by atoms with Gasteiger partial charge in [-0.3, -0.25) is 9.59 Å². The van der Waals surface area contributed by atoms with Crippen LogP contribution in [0.4, 0.5) is 5.69 Å². The summed E-state index contributed by atoms with van der Waals surface area (Å²) in [5.41, 5.74) is 3.44. The minimum Gasteiger partial charge on any atom is -0.447 e. The normalized spacial score (nSPS) is 10.7. The SMILES string of the molecule is CC(=O)Nc1ccc(C(=O)N/N=C\c2cc(Br)c(Br)o2)cc1. The number of carbonyl (C=O) groups is 2. The predicted molar refractivity (Wildman–Crippen MR) is 89.9 cm³/mol. The number of hydrazone groups is 1. The van der Waals surface area contributed by atoms with Gasteiger partial charge in [0.1, 0.15) is 5.76 Å². The Hall–Kier alpha value is -1.93. The van der Waals surface area contributed by atoms with Crippen LogP contribution in [0.25, 0.3) is 0 Å². The molecule has 8 heteroatoms. The quantitative estimate of drug-likeness (QED) is 0.577. The molecule has 0 spiro atoms. The fraction of sp³-hybridized carbons (Fsp3) is 0.0714. The van der Waals surface area contributed by atoms with Crippen molar-refractivity contribution < 1.29 is 14.0 Å². The Morgan fingerprint density at radius 2 is 1.91 bits per heavy atom. The van der Waals surface area contributed by atoms with Crippen molar-refractivity contribution in [2.24, 2.45) is 5.10 Å². The molecule has 2 aromatic rings. The number of furan rings is 1. The molecule has 0 saturated carbocycles. The number of hydrogen-bond acceptors (Lipinski definition) is 4. The fourth-order valence-corrected chi connectivity index (χ4v) is 2.16.